The number of amides is 1. The van der Waals surface area contributed by atoms with Gasteiger partial charge in [-0.05, 0) is 43.9 Å². The molecule has 0 aliphatic heterocycles. The summed E-state index contributed by atoms with van der Waals surface area (Å²) in [7, 11) is 0. The van der Waals surface area contributed by atoms with Crippen molar-refractivity contribution >= 4 is 23.2 Å². The maximum absolute atomic E-state index is 12.5. The Morgan fingerprint density at radius 3 is 2.90 bits per heavy atom. The minimum Gasteiger partial charge on any atom is -0.385 e. The first kappa shape index (κ1) is 15.2. The van der Waals surface area contributed by atoms with Gasteiger partial charge >= 0.3 is 0 Å². The Morgan fingerprint density at radius 2 is 2.20 bits per heavy atom. The predicted molar refractivity (Wildman–Crippen MR) is 84.5 cm³/mol. The molecular formula is C16H23ClN2O. The van der Waals surface area contributed by atoms with Crippen LogP contribution in [-0.4, -0.2) is 18.5 Å². The third kappa shape index (κ3) is 3.89. The average molecular weight is 295 g/mol. The number of carbonyl (C=O) groups is 1. The van der Waals surface area contributed by atoms with E-state index in [0.717, 1.165) is 25.1 Å². The Bertz CT molecular complexity index is 476. The van der Waals surface area contributed by atoms with Crippen LogP contribution in [0, 0.1) is 5.92 Å². The fourth-order valence-corrected chi connectivity index (χ4v) is 3.05. The molecule has 0 heterocycles. The summed E-state index contributed by atoms with van der Waals surface area (Å²) < 4.78 is 0. The van der Waals surface area contributed by atoms with E-state index in [9.17, 15) is 4.79 Å². The lowest BCUT2D eigenvalue weighted by molar-refractivity contribution is 0.0922. The van der Waals surface area contributed by atoms with Gasteiger partial charge in [-0.3, -0.25) is 4.79 Å². The molecule has 1 amide bonds. The van der Waals surface area contributed by atoms with Gasteiger partial charge in [0.25, 0.3) is 5.91 Å². The zero-order valence-corrected chi connectivity index (χ0v) is 13.0. The number of halogens is 1. The van der Waals surface area contributed by atoms with Crippen LogP contribution in [-0.2, 0) is 0 Å². The zero-order chi connectivity index (χ0) is 14.5. The van der Waals surface area contributed by atoms with Crippen LogP contribution in [0.25, 0.3) is 0 Å². The van der Waals surface area contributed by atoms with E-state index < -0.39 is 0 Å². The topological polar surface area (TPSA) is 41.1 Å². The molecule has 0 saturated heterocycles. The maximum Gasteiger partial charge on any atom is 0.253 e. The molecular weight excluding hydrogens is 272 g/mol. The van der Waals surface area contributed by atoms with Gasteiger partial charge in [-0.1, -0.05) is 31.4 Å². The number of hydrogen-bond acceptors (Lipinski definition) is 2. The summed E-state index contributed by atoms with van der Waals surface area (Å²) in [5.41, 5.74) is 1.48. The molecule has 2 atom stereocenters. The van der Waals surface area contributed by atoms with Crippen molar-refractivity contribution in [2.45, 2.75) is 45.6 Å². The van der Waals surface area contributed by atoms with E-state index in [-0.39, 0.29) is 5.91 Å². The lowest BCUT2D eigenvalue weighted by atomic mass is 9.87. The highest BCUT2D eigenvalue weighted by Gasteiger charge is 2.22. The fraction of sp³-hybridized carbons (Fsp3) is 0.562. The number of anilines is 1. The molecule has 0 bridgehead atoms. The third-order valence-electron chi connectivity index (χ3n) is 3.87. The highest BCUT2D eigenvalue weighted by Crippen LogP contribution is 2.25. The lowest BCUT2D eigenvalue weighted by Crippen LogP contribution is -2.38. The van der Waals surface area contributed by atoms with Crippen LogP contribution in [0.3, 0.4) is 0 Å². The maximum atomic E-state index is 12.5. The van der Waals surface area contributed by atoms with Crippen LogP contribution in [0.2, 0.25) is 5.02 Å². The van der Waals surface area contributed by atoms with Crippen molar-refractivity contribution in [1.82, 2.24) is 5.32 Å². The van der Waals surface area contributed by atoms with E-state index in [1.54, 1.807) is 12.1 Å². The molecule has 1 saturated carbocycles. The first-order chi connectivity index (χ1) is 9.60. The Morgan fingerprint density at radius 1 is 1.40 bits per heavy atom. The SMILES string of the molecule is CCNc1ccc(Cl)cc1C(=O)NC1CCCC(C)C1. The van der Waals surface area contributed by atoms with E-state index in [1.165, 1.54) is 12.8 Å². The van der Waals surface area contributed by atoms with Crippen molar-refractivity contribution in [3.8, 4) is 0 Å². The summed E-state index contributed by atoms with van der Waals surface area (Å²) in [6, 6.07) is 5.70. The van der Waals surface area contributed by atoms with Crippen LogP contribution in [0.5, 0.6) is 0 Å². The van der Waals surface area contributed by atoms with Gasteiger partial charge in [0.05, 0.1) is 5.56 Å². The van der Waals surface area contributed by atoms with Crippen LogP contribution >= 0.6 is 11.6 Å². The van der Waals surface area contributed by atoms with Crippen LogP contribution in [0.4, 0.5) is 5.69 Å². The molecule has 0 radical (unpaired) electrons. The lowest BCUT2D eigenvalue weighted by Gasteiger charge is -2.27. The summed E-state index contributed by atoms with van der Waals surface area (Å²) in [4.78, 5) is 12.5. The van der Waals surface area contributed by atoms with Gasteiger partial charge in [0.15, 0.2) is 0 Å². The largest absolute Gasteiger partial charge is 0.385 e. The molecule has 1 aliphatic carbocycles. The highest BCUT2D eigenvalue weighted by atomic mass is 35.5. The second-order valence-electron chi connectivity index (χ2n) is 5.66. The molecule has 4 heteroatoms. The van der Waals surface area contributed by atoms with E-state index in [1.807, 2.05) is 13.0 Å². The van der Waals surface area contributed by atoms with Crippen molar-refractivity contribution in [3.05, 3.63) is 28.8 Å². The normalized spacial score (nSPS) is 22.4. The van der Waals surface area contributed by atoms with Gasteiger partial charge in [-0.25, -0.2) is 0 Å². The second-order valence-corrected chi connectivity index (χ2v) is 6.10. The fourth-order valence-electron chi connectivity index (χ4n) is 2.88. The second kappa shape index (κ2) is 6.98. The number of hydrogen-bond donors (Lipinski definition) is 2. The summed E-state index contributed by atoms with van der Waals surface area (Å²) >= 11 is 6.02. The Balaban J connectivity index is 2.09. The highest BCUT2D eigenvalue weighted by molar-refractivity contribution is 6.31. The third-order valence-corrected chi connectivity index (χ3v) is 4.10. The Kier molecular flexibility index (Phi) is 5.30. The first-order valence-electron chi connectivity index (χ1n) is 7.44. The summed E-state index contributed by atoms with van der Waals surface area (Å²) in [6.45, 7) is 5.04. The van der Waals surface area contributed by atoms with Gasteiger partial charge in [-0.15, -0.1) is 0 Å². The molecule has 1 aliphatic rings. The van der Waals surface area contributed by atoms with Crippen LogP contribution in [0.1, 0.15) is 49.9 Å². The molecule has 0 spiro atoms. The van der Waals surface area contributed by atoms with Gasteiger partial charge < -0.3 is 10.6 Å². The molecule has 20 heavy (non-hydrogen) atoms. The number of benzene rings is 1. The van der Waals surface area contributed by atoms with Gasteiger partial charge in [0, 0.05) is 23.3 Å². The van der Waals surface area contributed by atoms with Crippen molar-refractivity contribution in [2.75, 3.05) is 11.9 Å². The smallest absolute Gasteiger partial charge is 0.253 e. The average Bonchev–Trinajstić information content (AvgIpc) is 2.41. The van der Waals surface area contributed by atoms with Crippen LogP contribution < -0.4 is 10.6 Å². The van der Waals surface area contributed by atoms with Crippen molar-refractivity contribution in [1.29, 1.82) is 0 Å². The predicted octanol–water partition coefficient (Wildman–Crippen LogP) is 4.08. The summed E-state index contributed by atoms with van der Waals surface area (Å²) in [5, 5.41) is 6.96. The molecule has 1 fully saturated rings. The molecule has 1 aromatic rings. The van der Waals surface area contributed by atoms with Crippen molar-refractivity contribution in [2.24, 2.45) is 5.92 Å². The molecule has 3 nitrogen and oxygen atoms in total. The summed E-state index contributed by atoms with van der Waals surface area (Å²) in [5.74, 6) is 0.671. The monoisotopic (exact) mass is 294 g/mol. The van der Waals surface area contributed by atoms with Gasteiger partial charge in [0.1, 0.15) is 0 Å². The van der Waals surface area contributed by atoms with E-state index >= 15 is 0 Å². The number of carbonyl (C=O) groups excluding carboxylic acids is 1. The zero-order valence-electron chi connectivity index (χ0n) is 12.2. The number of nitrogens with one attached hydrogen (secondary N) is 2. The quantitative estimate of drug-likeness (QED) is 0.878. The minimum absolute atomic E-state index is 0.0254. The standard InChI is InChI=1S/C16H23ClN2O/c1-3-18-15-8-7-12(17)10-14(15)16(20)19-13-6-4-5-11(2)9-13/h7-8,10-11,13,18H,3-6,9H2,1-2H3,(H,19,20). The molecule has 2 rings (SSSR count). The van der Waals surface area contributed by atoms with E-state index in [2.05, 4.69) is 17.6 Å². The molecule has 0 aromatic heterocycles. The molecule has 2 unspecified atom stereocenters. The summed E-state index contributed by atoms with van der Waals surface area (Å²) in [6.07, 6.45) is 4.62. The van der Waals surface area contributed by atoms with Crippen LogP contribution in [0.15, 0.2) is 18.2 Å². The van der Waals surface area contributed by atoms with E-state index in [0.29, 0.717) is 22.5 Å². The van der Waals surface area contributed by atoms with Crippen molar-refractivity contribution in [3.63, 3.8) is 0 Å². The molecule has 2 N–H and O–H groups in total. The Hall–Kier alpha value is -1.22. The number of rotatable bonds is 4. The van der Waals surface area contributed by atoms with E-state index in [4.69, 9.17) is 11.6 Å². The van der Waals surface area contributed by atoms with Crippen molar-refractivity contribution < 1.29 is 4.79 Å². The Labute approximate surface area is 126 Å². The molecule has 1 aromatic carbocycles. The first-order valence-corrected chi connectivity index (χ1v) is 7.82. The molecule has 110 valence electrons. The van der Waals surface area contributed by atoms with Gasteiger partial charge in [-0.2, -0.15) is 0 Å². The van der Waals surface area contributed by atoms with Gasteiger partial charge in [0.2, 0.25) is 0 Å². The minimum atomic E-state index is -0.0254.